The molecule has 0 aliphatic carbocycles. The van der Waals surface area contributed by atoms with Gasteiger partial charge >= 0.3 is 11.9 Å². The lowest BCUT2D eigenvalue weighted by Gasteiger charge is -2.11. The first-order chi connectivity index (χ1) is 10.7. The minimum absolute atomic E-state index is 0.0187. The van der Waals surface area contributed by atoms with Crippen LogP contribution < -0.4 is 0 Å². The Morgan fingerprint density at radius 2 is 2.09 bits per heavy atom. The molecular weight excluding hydrogens is 292 g/mol. The Labute approximate surface area is 125 Å². The molecule has 22 heavy (non-hydrogen) atoms. The van der Waals surface area contributed by atoms with Crippen LogP contribution in [0, 0.1) is 0 Å². The lowest BCUT2D eigenvalue weighted by atomic mass is 10.1. The summed E-state index contributed by atoms with van der Waals surface area (Å²) in [6.45, 7) is 0.868. The number of furan rings is 2. The van der Waals surface area contributed by atoms with E-state index in [9.17, 15) is 9.59 Å². The van der Waals surface area contributed by atoms with Crippen LogP contribution in [0.2, 0.25) is 0 Å². The standard InChI is InChI=1S/C15H14O7/c1-18-14(16)12-9(2-5-20-12)7-22-15(17)13-11-3-4-19-6-10(11)8-21-13/h2,5,8H,3-4,6-7H2,1H3. The van der Waals surface area contributed by atoms with Crippen LogP contribution in [0.3, 0.4) is 0 Å². The van der Waals surface area contributed by atoms with Crippen LogP contribution in [-0.4, -0.2) is 25.7 Å². The molecule has 1 aliphatic heterocycles. The van der Waals surface area contributed by atoms with Crippen molar-refractivity contribution in [3.8, 4) is 0 Å². The zero-order valence-corrected chi connectivity index (χ0v) is 11.9. The molecule has 3 rings (SSSR count). The van der Waals surface area contributed by atoms with E-state index in [0.29, 0.717) is 25.2 Å². The molecule has 0 N–H and O–H groups in total. The third-order valence-corrected chi connectivity index (χ3v) is 3.40. The quantitative estimate of drug-likeness (QED) is 0.799. The lowest BCUT2D eigenvalue weighted by Crippen LogP contribution is -2.13. The monoisotopic (exact) mass is 306 g/mol. The molecule has 116 valence electrons. The van der Waals surface area contributed by atoms with Gasteiger partial charge in [-0.05, 0) is 6.07 Å². The lowest BCUT2D eigenvalue weighted by molar-refractivity contribution is 0.0418. The molecule has 0 bridgehead atoms. The minimum Gasteiger partial charge on any atom is -0.463 e. The highest BCUT2D eigenvalue weighted by atomic mass is 16.5. The van der Waals surface area contributed by atoms with E-state index in [1.54, 1.807) is 6.07 Å². The number of ether oxygens (including phenoxy) is 3. The Balaban J connectivity index is 1.69. The first-order valence-electron chi connectivity index (χ1n) is 6.69. The Morgan fingerprint density at radius 1 is 1.23 bits per heavy atom. The molecule has 2 aromatic rings. The normalized spacial score (nSPS) is 13.5. The van der Waals surface area contributed by atoms with Crippen molar-refractivity contribution < 1.29 is 32.6 Å². The fourth-order valence-electron chi connectivity index (χ4n) is 2.27. The van der Waals surface area contributed by atoms with Crippen molar-refractivity contribution in [2.45, 2.75) is 19.6 Å². The summed E-state index contributed by atoms with van der Waals surface area (Å²) in [4.78, 5) is 23.6. The van der Waals surface area contributed by atoms with Crippen LogP contribution in [-0.2, 0) is 33.8 Å². The van der Waals surface area contributed by atoms with Gasteiger partial charge in [-0.1, -0.05) is 0 Å². The van der Waals surface area contributed by atoms with E-state index in [1.807, 2.05) is 0 Å². The number of fused-ring (bicyclic) bond motifs is 1. The maximum absolute atomic E-state index is 12.1. The van der Waals surface area contributed by atoms with Crippen LogP contribution in [0.1, 0.15) is 37.8 Å². The summed E-state index contributed by atoms with van der Waals surface area (Å²) in [5.74, 6) is -1.00. The average molecular weight is 306 g/mol. The second kappa shape index (κ2) is 6.07. The molecule has 0 radical (unpaired) electrons. The van der Waals surface area contributed by atoms with Crippen LogP contribution in [0.4, 0.5) is 0 Å². The van der Waals surface area contributed by atoms with Gasteiger partial charge < -0.3 is 23.0 Å². The van der Waals surface area contributed by atoms with Crippen LogP contribution in [0.5, 0.6) is 0 Å². The summed E-state index contributed by atoms with van der Waals surface area (Å²) in [5.41, 5.74) is 2.11. The van der Waals surface area contributed by atoms with Crippen molar-refractivity contribution in [2.75, 3.05) is 13.7 Å². The summed E-state index contributed by atoms with van der Waals surface area (Å²) in [7, 11) is 1.25. The molecule has 0 amide bonds. The van der Waals surface area contributed by atoms with E-state index >= 15 is 0 Å². The third-order valence-electron chi connectivity index (χ3n) is 3.40. The van der Waals surface area contributed by atoms with Crippen LogP contribution in [0.15, 0.2) is 27.4 Å². The van der Waals surface area contributed by atoms with E-state index in [-0.39, 0.29) is 18.1 Å². The SMILES string of the molecule is COC(=O)c1occc1COC(=O)c1occ2c1CCOC2. The number of methoxy groups -OCH3 is 1. The molecule has 2 aromatic heterocycles. The predicted molar refractivity (Wildman–Crippen MR) is 71.2 cm³/mol. The van der Waals surface area contributed by atoms with Gasteiger partial charge in [-0.3, -0.25) is 0 Å². The maximum Gasteiger partial charge on any atom is 0.374 e. The van der Waals surface area contributed by atoms with Gasteiger partial charge in [0.15, 0.2) is 0 Å². The molecule has 0 spiro atoms. The van der Waals surface area contributed by atoms with Gasteiger partial charge in [0.2, 0.25) is 11.5 Å². The zero-order chi connectivity index (χ0) is 15.5. The highest BCUT2D eigenvalue weighted by Gasteiger charge is 2.24. The van der Waals surface area contributed by atoms with Crippen molar-refractivity contribution in [1.29, 1.82) is 0 Å². The number of carbonyl (C=O) groups is 2. The van der Waals surface area contributed by atoms with Gasteiger partial charge in [0.05, 0.1) is 32.8 Å². The highest BCUT2D eigenvalue weighted by Crippen LogP contribution is 2.24. The van der Waals surface area contributed by atoms with Crippen molar-refractivity contribution >= 4 is 11.9 Å². The van der Waals surface area contributed by atoms with E-state index in [0.717, 1.165) is 11.1 Å². The molecule has 3 heterocycles. The van der Waals surface area contributed by atoms with E-state index in [4.69, 9.17) is 18.3 Å². The molecule has 0 aromatic carbocycles. The molecule has 0 atom stereocenters. The van der Waals surface area contributed by atoms with Gasteiger partial charge in [-0.2, -0.15) is 0 Å². The Kier molecular flexibility index (Phi) is 3.97. The van der Waals surface area contributed by atoms with Crippen LogP contribution >= 0.6 is 0 Å². The first-order valence-corrected chi connectivity index (χ1v) is 6.69. The second-order valence-corrected chi connectivity index (χ2v) is 4.71. The molecule has 0 saturated heterocycles. The average Bonchev–Trinajstić information content (AvgIpc) is 3.18. The topological polar surface area (TPSA) is 88.1 Å². The summed E-state index contributed by atoms with van der Waals surface area (Å²) in [5, 5.41) is 0. The molecule has 7 heteroatoms. The van der Waals surface area contributed by atoms with E-state index in [1.165, 1.54) is 19.6 Å². The minimum atomic E-state index is -0.622. The molecule has 1 aliphatic rings. The Bertz CT molecular complexity index is 695. The smallest absolute Gasteiger partial charge is 0.374 e. The summed E-state index contributed by atoms with van der Waals surface area (Å²) >= 11 is 0. The number of esters is 2. The summed E-state index contributed by atoms with van der Waals surface area (Å²) < 4.78 is 25.4. The van der Waals surface area contributed by atoms with Crippen molar-refractivity contribution in [1.82, 2.24) is 0 Å². The van der Waals surface area contributed by atoms with Gasteiger partial charge in [-0.25, -0.2) is 9.59 Å². The van der Waals surface area contributed by atoms with Crippen molar-refractivity contribution in [3.63, 3.8) is 0 Å². The van der Waals surface area contributed by atoms with Gasteiger partial charge in [-0.15, -0.1) is 0 Å². The summed E-state index contributed by atoms with van der Waals surface area (Å²) in [6, 6.07) is 1.55. The molecule has 7 nitrogen and oxygen atoms in total. The number of carbonyl (C=O) groups excluding carboxylic acids is 2. The largest absolute Gasteiger partial charge is 0.463 e. The van der Waals surface area contributed by atoms with Gasteiger partial charge in [0, 0.05) is 23.1 Å². The molecule has 0 fully saturated rings. The van der Waals surface area contributed by atoms with Crippen molar-refractivity contribution in [3.05, 3.63) is 46.8 Å². The number of rotatable bonds is 4. The fraction of sp³-hybridized carbons (Fsp3) is 0.333. The number of hydrogen-bond donors (Lipinski definition) is 0. The third kappa shape index (κ3) is 2.62. The first kappa shape index (κ1) is 14.4. The fourth-order valence-corrected chi connectivity index (χ4v) is 2.27. The highest BCUT2D eigenvalue weighted by molar-refractivity contribution is 5.89. The van der Waals surface area contributed by atoms with E-state index in [2.05, 4.69) is 4.74 Å². The van der Waals surface area contributed by atoms with Gasteiger partial charge in [0.1, 0.15) is 6.61 Å². The molecular formula is C15H14O7. The van der Waals surface area contributed by atoms with Crippen molar-refractivity contribution in [2.24, 2.45) is 0 Å². The second-order valence-electron chi connectivity index (χ2n) is 4.71. The molecule has 0 saturated carbocycles. The maximum atomic E-state index is 12.1. The van der Waals surface area contributed by atoms with Crippen LogP contribution in [0.25, 0.3) is 0 Å². The predicted octanol–water partition coefficient (Wildman–Crippen LogP) is 2.09. The number of hydrogen-bond acceptors (Lipinski definition) is 7. The Morgan fingerprint density at radius 3 is 2.91 bits per heavy atom. The van der Waals surface area contributed by atoms with Gasteiger partial charge in [0.25, 0.3) is 0 Å². The summed E-state index contributed by atoms with van der Waals surface area (Å²) in [6.07, 6.45) is 3.44. The Hall–Kier alpha value is -2.54. The zero-order valence-electron chi connectivity index (χ0n) is 11.9. The molecule has 0 unspecified atom stereocenters. The van der Waals surface area contributed by atoms with E-state index < -0.39 is 11.9 Å².